The van der Waals surface area contributed by atoms with Crippen LogP contribution < -0.4 is 10.5 Å². The number of H-pyrrole nitrogens is 1. The number of carbonyl (C=O) groups is 1. The molecule has 1 aromatic carbocycles. The maximum absolute atomic E-state index is 12.1. The molecule has 0 saturated carbocycles. The van der Waals surface area contributed by atoms with E-state index in [0.29, 0.717) is 11.5 Å². The van der Waals surface area contributed by atoms with Crippen molar-refractivity contribution in [3.05, 3.63) is 41.3 Å². The van der Waals surface area contributed by atoms with Crippen molar-refractivity contribution in [2.45, 2.75) is 32.2 Å². The summed E-state index contributed by atoms with van der Waals surface area (Å²) in [6.07, 6.45) is 4.42. The number of nitrogens with one attached hydrogen (secondary N) is 1. The highest BCUT2D eigenvalue weighted by Crippen LogP contribution is 2.46. The van der Waals surface area contributed by atoms with E-state index in [4.69, 9.17) is 15.2 Å². The number of nitrogens with two attached hydrogens (primary N) is 1. The molecule has 0 radical (unpaired) electrons. The SMILES string of the molecule is CCC1CN2CCc3c([nH]c4cccc(OC)c34)C2CC1/C(=C\OC)C(N)=O. The van der Waals surface area contributed by atoms with E-state index in [9.17, 15) is 4.79 Å². The Kier molecular flexibility index (Phi) is 5.06. The number of fused-ring (bicyclic) bond motifs is 5. The van der Waals surface area contributed by atoms with Gasteiger partial charge in [-0.1, -0.05) is 19.4 Å². The predicted molar refractivity (Wildman–Crippen MR) is 109 cm³/mol. The molecule has 0 aliphatic carbocycles. The van der Waals surface area contributed by atoms with Crippen molar-refractivity contribution in [1.29, 1.82) is 0 Å². The van der Waals surface area contributed by atoms with Gasteiger partial charge >= 0.3 is 0 Å². The predicted octanol–water partition coefficient (Wildman–Crippen LogP) is 3.14. The topological polar surface area (TPSA) is 80.6 Å². The second-order valence-corrected chi connectivity index (χ2v) is 7.84. The van der Waals surface area contributed by atoms with Gasteiger partial charge in [0.05, 0.1) is 32.1 Å². The van der Waals surface area contributed by atoms with Crippen LogP contribution in [0.2, 0.25) is 0 Å². The number of piperidine rings is 1. The van der Waals surface area contributed by atoms with Gasteiger partial charge in [0, 0.05) is 29.7 Å². The molecule has 2 aromatic rings. The Morgan fingerprint density at radius 1 is 1.39 bits per heavy atom. The lowest BCUT2D eigenvalue weighted by Gasteiger charge is -2.46. The van der Waals surface area contributed by atoms with Crippen molar-refractivity contribution >= 4 is 16.8 Å². The Labute approximate surface area is 165 Å². The second-order valence-electron chi connectivity index (χ2n) is 7.84. The van der Waals surface area contributed by atoms with Crippen LogP contribution in [-0.2, 0) is 16.0 Å². The first kappa shape index (κ1) is 18.9. The number of aromatic amines is 1. The molecule has 1 saturated heterocycles. The molecule has 4 rings (SSSR count). The zero-order valence-corrected chi connectivity index (χ0v) is 16.8. The van der Waals surface area contributed by atoms with Gasteiger partial charge in [-0.2, -0.15) is 0 Å². The van der Waals surface area contributed by atoms with E-state index in [-0.39, 0.29) is 17.9 Å². The van der Waals surface area contributed by atoms with Crippen LogP contribution in [0, 0.1) is 11.8 Å². The summed E-state index contributed by atoms with van der Waals surface area (Å²) in [5, 5.41) is 1.19. The smallest absolute Gasteiger partial charge is 0.248 e. The average molecular weight is 383 g/mol. The molecule has 1 amide bonds. The lowest BCUT2D eigenvalue weighted by Crippen LogP contribution is -2.47. The summed E-state index contributed by atoms with van der Waals surface area (Å²) in [5.41, 5.74) is 10.0. The highest BCUT2D eigenvalue weighted by atomic mass is 16.5. The molecule has 6 heteroatoms. The fourth-order valence-corrected chi connectivity index (χ4v) is 5.21. The molecule has 0 spiro atoms. The van der Waals surface area contributed by atoms with Gasteiger partial charge in [-0.3, -0.25) is 9.69 Å². The number of rotatable bonds is 5. The van der Waals surface area contributed by atoms with Crippen LogP contribution in [0.4, 0.5) is 0 Å². The van der Waals surface area contributed by atoms with Crippen molar-refractivity contribution in [3.63, 3.8) is 0 Å². The number of hydrogen-bond donors (Lipinski definition) is 2. The third kappa shape index (κ3) is 2.96. The zero-order chi connectivity index (χ0) is 19.8. The number of carbonyl (C=O) groups excluding carboxylic acids is 1. The minimum atomic E-state index is -0.381. The van der Waals surface area contributed by atoms with Gasteiger partial charge in [0.2, 0.25) is 5.91 Å². The lowest BCUT2D eigenvalue weighted by atomic mass is 9.74. The fourth-order valence-electron chi connectivity index (χ4n) is 5.21. The molecule has 3 atom stereocenters. The molecule has 2 aliphatic rings. The highest BCUT2D eigenvalue weighted by Gasteiger charge is 2.42. The van der Waals surface area contributed by atoms with Crippen molar-refractivity contribution in [2.75, 3.05) is 27.3 Å². The van der Waals surface area contributed by atoms with E-state index >= 15 is 0 Å². The molecule has 1 fully saturated rings. The maximum Gasteiger partial charge on any atom is 0.248 e. The summed E-state index contributed by atoms with van der Waals surface area (Å²) in [7, 11) is 3.29. The number of primary amides is 1. The van der Waals surface area contributed by atoms with Crippen molar-refractivity contribution in [1.82, 2.24) is 9.88 Å². The van der Waals surface area contributed by atoms with E-state index in [1.54, 1.807) is 20.5 Å². The van der Waals surface area contributed by atoms with Crippen LogP contribution in [0.5, 0.6) is 5.75 Å². The summed E-state index contributed by atoms with van der Waals surface area (Å²) in [5.74, 6) is 1.03. The van der Waals surface area contributed by atoms with E-state index < -0.39 is 0 Å². The lowest BCUT2D eigenvalue weighted by molar-refractivity contribution is -0.115. The second kappa shape index (κ2) is 7.51. The zero-order valence-electron chi connectivity index (χ0n) is 16.8. The van der Waals surface area contributed by atoms with Crippen LogP contribution >= 0.6 is 0 Å². The Balaban J connectivity index is 1.77. The minimum absolute atomic E-state index is 0.1000. The molecule has 150 valence electrons. The number of methoxy groups -OCH3 is 2. The first-order chi connectivity index (χ1) is 13.6. The minimum Gasteiger partial charge on any atom is -0.504 e. The number of ether oxygens (including phenoxy) is 2. The van der Waals surface area contributed by atoms with Gasteiger partial charge in [0.15, 0.2) is 0 Å². The van der Waals surface area contributed by atoms with Gasteiger partial charge in [0.1, 0.15) is 5.75 Å². The summed E-state index contributed by atoms with van der Waals surface area (Å²) in [4.78, 5) is 18.3. The molecule has 3 heterocycles. The largest absolute Gasteiger partial charge is 0.504 e. The van der Waals surface area contributed by atoms with Crippen LogP contribution in [-0.4, -0.2) is 43.1 Å². The Morgan fingerprint density at radius 2 is 2.21 bits per heavy atom. The summed E-state index contributed by atoms with van der Waals surface area (Å²) < 4.78 is 10.8. The van der Waals surface area contributed by atoms with Gasteiger partial charge < -0.3 is 20.2 Å². The van der Waals surface area contributed by atoms with Crippen molar-refractivity contribution in [2.24, 2.45) is 17.6 Å². The molecule has 1 aromatic heterocycles. The normalized spacial score (nSPS) is 25.2. The molecule has 28 heavy (non-hydrogen) atoms. The Bertz CT molecular complexity index is 917. The summed E-state index contributed by atoms with van der Waals surface area (Å²) in [6, 6.07) is 6.39. The molecule has 0 bridgehead atoms. The summed E-state index contributed by atoms with van der Waals surface area (Å²) in [6.45, 7) is 4.17. The molecular formula is C22H29N3O3. The number of benzene rings is 1. The van der Waals surface area contributed by atoms with E-state index in [1.807, 2.05) is 12.1 Å². The van der Waals surface area contributed by atoms with E-state index in [0.717, 1.165) is 43.6 Å². The van der Waals surface area contributed by atoms with Crippen LogP contribution in [0.15, 0.2) is 30.0 Å². The van der Waals surface area contributed by atoms with Crippen LogP contribution in [0.1, 0.15) is 37.1 Å². The molecular weight excluding hydrogens is 354 g/mol. The van der Waals surface area contributed by atoms with E-state index in [2.05, 4.69) is 22.9 Å². The van der Waals surface area contributed by atoms with E-state index in [1.165, 1.54) is 16.6 Å². The highest BCUT2D eigenvalue weighted by molar-refractivity contribution is 5.92. The Morgan fingerprint density at radius 3 is 2.89 bits per heavy atom. The van der Waals surface area contributed by atoms with Gasteiger partial charge in [-0.05, 0) is 42.4 Å². The molecule has 6 nitrogen and oxygen atoms in total. The molecule has 2 aliphatic heterocycles. The third-order valence-corrected chi connectivity index (χ3v) is 6.53. The number of nitrogens with zero attached hydrogens (tertiary/aromatic N) is 1. The number of aromatic nitrogens is 1. The van der Waals surface area contributed by atoms with Crippen molar-refractivity contribution in [3.8, 4) is 5.75 Å². The van der Waals surface area contributed by atoms with Gasteiger partial charge in [-0.25, -0.2) is 0 Å². The Hall–Kier alpha value is -2.47. The van der Waals surface area contributed by atoms with Crippen LogP contribution in [0.25, 0.3) is 10.9 Å². The maximum atomic E-state index is 12.1. The monoisotopic (exact) mass is 383 g/mol. The van der Waals surface area contributed by atoms with Crippen molar-refractivity contribution < 1.29 is 14.3 Å². The first-order valence-electron chi connectivity index (χ1n) is 10.0. The fraction of sp³-hybridized carbons (Fsp3) is 0.500. The van der Waals surface area contributed by atoms with Gasteiger partial charge in [0.25, 0.3) is 0 Å². The average Bonchev–Trinajstić information content (AvgIpc) is 3.10. The first-order valence-corrected chi connectivity index (χ1v) is 10.0. The number of amides is 1. The molecule has 3 N–H and O–H groups in total. The van der Waals surface area contributed by atoms with Gasteiger partial charge in [-0.15, -0.1) is 0 Å². The quantitative estimate of drug-likeness (QED) is 0.614. The van der Waals surface area contributed by atoms with Crippen LogP contribution in [0.3, 0.4) is 0 Å². The standard InChI is InChI=1S/C22H29N3O3/c1-4-13-11-25-9-8-14-20-17(6-5-7-19(20)28-3)24-21(14)18(25)10-15(13)16(12-27-2)22(23)26/h5-7,12-13,15,18,24H,4,8-11H2,1-3H3,(H2,23,26)/b16-12+. The molecule has 3 unspecified atom stereocenters. The summed E-state index contributed by atoms with van der Waals surface area (Å²) >= 11 is 0. The number of hydrogen-bond acceptors (Lipinski definition) is 4. The third-order valence-electron chi connectivity index (χ3n) is 6.53.